The first-order chi connectivity index (χ1) is 14.0. The number of hydrogen-bond acceptors (Lipinski definition) is 4. The second-order valence-electron chi connectivity index (χ2n) is 6.38. The van der Waals surface area contributed by atoms with Crippen LogP contribution in [0.2, 0.25) is 0 Å². The van der Waals surface area contributed by atoms with Gasteiger partial charge >= 0.3 is 0 Å². The third-order valence-corrected chi connectivity index (χ3v) is 6.54. The average molecular weight is 427 g/mol. The topological polar surface area (TPSA) is 75.3 Å². The van der Waals surface area contributed by atoms with Gasteiger partial charge in [0.25, 0.3) is 15.9 Å². The summed E-state index contributed by atoms with van der Waals surface area (Å²) in [5.74, 6) is 0.396. The van der Waals surface area contributed by atoms with E-state index in [1.54, 1.807) is 54.2 Å². The number of hydrogen-bond donors (Lipinski definition) is 2. The summed E-state index contributed by atoms with van der Waals surface area (Å²) in [4.78, 5) is 13.9. The first-order valence-corrected chi connectivity index (χ1v) is 11.6. The molecule has 0 spiro atoms. The van der Waals surface area contributed by atoms with Gasteiger partial charge in [0, 0.05) is 17.2 Å². The molecule has 3 rings (SSSR count). The van der Waals surface area contributed by atoms with Crippen LogP contribution in [0.4, 0.5) is 5.69 Å². The van der Waals surface area contributed by atoms with E-state index in [1.165, 1.54) is 17.7 Å². The molecule has 0 unspecified atom stereocenters. The third kappa shape index (κ3) is 5.85. The van der Waals surface area contributed by atoms with E-state index in [1.807, 2.05) is 6.92 Å². The van der Waals surface area contributed by atoms with Gasteiger partial charge in [0.2, 0.25) is 0 Å². The minimum Gasteiger partial charge on any atom is -0.351 e. The molecule has 150 valence electrons. The van der Waals surface area contributed by atoms with Gasteiger partial charge in [-0.3, -0.25) is 9.52 Å². The van der Waals surface area contributed by atoms with Crippen molar-refractivity contribution >= 4 is 33.4 Å². The highest BCUT2D eigenvalue weighted by Gasteiger charge is 2.18. The zero-order valence-electron chi connectivity index (χ0n) is 16.0. The highest BCUT2D eigenvalue weighted by atomic mass is 32.2. The number of thioether (sulfide) groups is 1. The molecular weight excluding hydrogens is 404 g/mol. The van der Waals surface area contributed by atoms with Gasteiger partial charge in [-0.1, -0.05) is 48.0 Å². The molecule has 29 heavy (non-hydrogen) atoms. The number of rotatable bonds is 8. The summed E-state index contributed by atoms with van der Waals surface area (Å²) in [5.41, 5.74) is 1.74. The van der Waals surface area contributed by atoms with Gasteiger partial charge in [-0.25, -0.2) is 8.42 Å². The fraction of sp³-hybridized carbons (Fsp3) is 0.136. The largest absolute Gasteiger partial charge is 0.351 e. The average Bonchev–Trinajstić information content (AvgIpc) is 2.73. The summed E-state index contributed by atoms with van der Waals surface area (Å²) < 4.78 is 27.7. The molecule has 0 saturated heterocycles. The van der Waals surface area contributed by atoms with Crippen LogP contribution in [-0.2, 0) is 10.0 Å². The molecule has 1 amide bonds. The van der Waals surface area contributed by atoms with E-state index in [-0.39, 0.29) is 22.1 Å². The van der Waals surface area contributed by atoms with Crippen molar-refractivity contribution in [2.45, 2.75) is 16.7 Å². The van der Waals surface area contributed by atoms with E-state index in [0.717, 1.165) is 4.90 Å². The standard InChI is InChI=1S/C22H22N2O3S2/c1-17-11-13-18(14-12-17)28-16-15-23-22(25)20-9-5-6-10-21(20)24-29(26,27)19-7-3-2-4-8-19/h2-14,24H,15-16H2,1H3,(H,23,25). The van der Waals surface area contributed by atoms with E-state index in [4.69, 9.17) is 0 Å². The van der Waals surface area contributed by atoms with Gasteiger partial charge in [-0.2, -0.15) is 0 Å². The lowest BCUT2D eigenvalue weighted by Gasteiger charge is -2.13. The van der Waals surface area contributed by atoms with Crippen LogP contribution in [0, 0.1) is 6.92 Å². The van der Waals surface area contributed by atoms with E-state index >= 15 is 0 Å². The van der Waals surface area contributed by atoms with Gasteiger partial charge in [-0.05, 0) is 43.3 Å². The van der Waals surface area contributed by atoms with E-state index < -0.39 is 10.0 Å². The van der Waals surface area contributed by atoms with Crippen LogP contribution in [0.15, 0.2) is 88.7 Å². The molecule has 0 bridgehead atoms. The number of aryl methyl sites for hydroxylation is 1. The highest BCUT2D eigenvalue weighted by molar-refractivity contribution is 7.99. The lowest BCUT2D eigenvalue weighted by molar-refractivity contribution is 0.0957. The second-order valence-corrected chi connectivity index (χ2v) is 9.23. The summed E-state index contributed by atoms with van der Waals surface area (Å²) in [6, 6.07) is 22.8. The predicted molar refractivity (Wildman–Crippen MR) is 118 cm³/mol. The molecule has 3 aromatic rings. The van der Waals surface area contributed by atoms with E-state index in [0.29, 0.717) is 12.3 Å². The van der Waals surface area contributed by atoms with Crippen molar-refractivity contribution in [2.75, 3.05) is 17.0 Å². The maximum Gasteiger partial charge on any atom is 0.261 e. The Morgan fingerprint density at radius 1 is 0.897 bits per heavy atom. The van der Waals surface area contributed by atoms with Crippen molar-refractivity contribution in [3.8, 4) is 0 Å². The third-order valence-electron chi connectivity index (χ3n) is 4.15. The molecular formula is C22H22N2O3S2. The number of nitrogens with one attached hydrogen (secondary N) is 2. The first kappa shape index (κ1) is 21.0. The summed E-state index contributed by atoms with van der Waals surface area (Å²) in [7, 11) is -3.77. The molecule has 0 aromatic heterocycles. The van der Waals surface area contributed by atoms with Crippen LogP contribution in [0.5, 0.6) is 0 Å². The molecule has 0 saturated carbocycles. The molecule has 0 aliphatic carbocycles. The fourth-order valence-electron chi connectivity index (χ4n) is 2.64. The van der Waals surface area contributed by atoms with Crippen molar-refractivity contribution < 1.29 is 13.2 Å². The molecule has 0 radical (unpaired) electrons. The Morgan fingerprint density at radius 2 is 1.55 bits per heavy atom. The number of carbonyl (C=O) groups is 1. The second kappa shape index (κ2) is 9.62. The summed E-state index contributed by atoms with van der Waals surface area (Å²) in [6.45, 7) is 2.51. The van der Waals surface area contributed by atoms with Crippen molar-refractivity contribution in [1.29, 1.82) is 0 Å². The summed E-state index contributed by atoms with van der Waals surface area (Å²) in [6.07, 6.45) is 0. The minimum absolute atomic E-state index is 0.143. The van der Waals surface area contributed by atoms with Crippen LogP contribution < -0.4 is 10.0 Å². The molecule has 0 atom stereocenters. The van der Waals surface area contributed by atoms with Crippen LogP contribution in [0.1, 0.15) is 15.9 Å². The lowest BCUT2D eigenvalue weighted by Crippen LogP contribution is -2.27. The van der Waals surface area contributed by atoms with Crippen molar-refractivity contribution in [1.82, 2.24) is 5.32 Å². The Hall–Kier alpha value is -2.77. The molecule has 7 heteroatoms. The van der Waals surface area contributed by atoms with E-state index in [2.05, 4.69) is 34.3 Å². The SMILES string of the molecule is Cc1ccc(SCCNC(=O)c2ccccc2NS(=O)(=O)c2ccccc2)cc1. The van der Waals surface area contributed by atoms with Gasteiger partial charge in [0.1, 0.15) is 0 Å². The van der Waals surface area contributed by atoms with Gasteiger partial charge in [-0.15, -0.1) is 11.8 Å². The fourth-order valence-corrected chi connectivity index (χ4v) is 4.51. The van der Waals surface area contributed by atoms with Crippen molar-refractivity contribution in [3.63, 3.8) is 0 Å². The number of para-hydroxylation sites is 1. The number of amides is 1. The number of sulfonamides is 1. The smallest absolute Gasteiger partial charge is 0.261 e. The predicted octanol–water partition coefficient (Wildman–Crippen LogP) is 4.32. The lowest BCUT2D eigenvalue weighted by atomic mass is 10.2. The molecule has 3 aromatic carbocycles. The molecule has 0 heterocycles. The number of benzene rings is 3. The molecule has 2 N–H and O–H groups in total. The molecule has 0 aliphatic heterocycles. The van der Waals surface area contributed by atoms with Gasteiger partial charge in [0.15, 0.2) is 0 Å². The first-order valence-electron chi connectivity index (χ1n) is 9.10. The Balaban J connectivity index is 1.62. The number of anilines is 1. The maximum absolute atomic E-state index is 12.6. The maximum atomic E-state index is 12.6. The summed E-state index contributed by atoms with van der Waals surface area (Å²) >= 11 is 1.65. The van der Waals surface area contributed by atoms with Gasteiger partial charge < -0.3 is 5.32 Å². The van der Waals surface area contributed by atoms with Crippen LogP contribution in [-0.4, -0.2) is 26.6 Å². The Morgan fingerprint density at radius 3 is 2.28 bits per heavy atom. The normalized spacial score (nSPS) is 11.1. The van der Waals surface area contributed by atoms with Crippen molar-refractivity contribution in [2.24, 2.45) is 0 Å². The van der Waals surface area contributed by atoms with Gasteiger partial charge in [0.05, 0.1) is 16.1 Å². The minimum atomic E-state index is -3.77. The summed E-state index contributed by atoms with van der Waals surface area (Å²) in [5, 5.41) is 2.85. The van der Waals surface area contributed by atoms with E-state index in [9.17, 15) is 13.2 Å². The highest BCUT2D eigenvalue weighted by Crippen LogP contribution is 2.21. The Bertz CT molecular complexity index is 1070. The molecule has 5 nitrogen and oxygen atoms in total. The van der Waals surface area contributed by atoms with Crippen LogP contribution >= 0.6 is 11.8 Å². The Kier molecular flexibility index (Phi) is 6.95. The van der Waals surface area contributed by atoms with Crippen LogP contribution in [0.25, 0.3) is 0 Å². The quantitative estimate of drug-likeness (QED) is 0.416. The Labute approximate surface area is 175 Å². The zero-order chi connectivity index (χ0) is 20.7. The van der Waals surface area contributed by atoms with Crippen molar-refractivity contribution in [3.05, 3.63) is 90.0 Å². The monoisotopic (exact) mass is 426 g/mol. The zero-order valence-corrected chi connectivity index (χ0v) is 17.6. The van der Waals surface area contributed by atoms with Crippen LogP contribution in [0.3, 0.4) is 0 Å². The molecule has 0 aliphatic rings. The number of carbonyl (C=O) groups excluding carboxylic acids is 1. The molecule has 0 fully saturated rings.